The van der Waals surface area contributed by atoms with Crippen molar-refractivity contribution in [2.45, 2.75) is 43.7 Å². The molecule has 1 aromatic rings. The average Bonchev–Trinajstić information content (AvgIpc) is 2.53. The van der Waals surface area contributed by atoms with E-state index in [9.17, 15) is 4.79 Å². The van der Waals surface area contributed by atoms with Gasteiger partial charge in [-0.3, -0.25) is 4.79 Å². The summed E-state index contributed by atoms with van der Waals surface area (Å²) in [6, 6.07) is 8.95. The van der Waals surface area contributed by atoms with E-state index in [1.165, 1.54) is 19.3 Å². The zero-order valence-electron chi connectivity index (χ0n) is 13.5. The molecule has 1 saturated carbocycles. The third-order valence-corrected chi connectivity index (χ3v) is 4.77. The average molecular weight is 326 g/mol. The minimum absolute atomic E-state index is 0. The number of nitrogens with zero attached hydrogens (tertiary/aromatic N) is 1. The van der Waals surface area contributed by atoms with Gasteiger partial charge >= 0.3 is 0 Å². The molecule has 124 valence electrons. The first-order valence-electron chi connectivity index (χ1n) is 7.81. The van der Waals surface area contributed by atoms with Gasteiger partial charge in [-0.05, 0) is 32.5 Å². The minimum Gasteiger partial charge on any atom is -0.353 e. The summed E-state index contributed by atoms with van der Waals surface area (Å²) < 4.78 is 0. The van der Waals surface area contributed by atoms with Crippen LogP contribution in [0.15, 0.2) is 30.3 Å². The van der Waals surface area contributed by atoms with E-state index in [-0.39, 0.29) is 23.9 Å². The first kappa shape index (κ1) is 18.9. The van der Waals surface area contributed by atoms with E-state index in [4.69, 9.17) is 5.73 Å². The quantitative estimate of drug-likeness (QED) is 0.874. The number of hydrogen-bond donors (Lipinski definition) is 2. The number of amides is 1. The zero-order chi connectivity index (χ0) is 15.3. The summed E-state index contributed by atoms with van der Waals surface area (Å²) in [5.41, 5.74) is 6.99. The maximum absolute atomic E-state index is 12.3. The van der Waals surface area contributed by atoms with Crippen LogP contribution in [0, 0.1) is 0 Å². The van der Waals surface area contributed by atoms with Gasteiger partial charge in [0.05, 0.1) is 0 Å². The SMILES string of the molecule is CN(C)C1(CNC(=O)C(N)c2ccccc2)CCCCC1.Cl. The molecule has 0 spiro atoms. The lowest BCUT2D eigenvalue weighted by atomic mass is 9.80. The molecular weight excluding hydrogens is 298 g/mol. The molecule has 1 atom stereocenters. The molecule has 0 bridgehead atoms. The van der Waals surface area contributed by atoms with Crippen LogP contribution in [0.2, 0.25) is 0 Å². The summed E-state index contributed by atoms with van der Waals surface area (Å²) in [4.78, 5) is 14.6. The van der Waals surface area contributed by atoms with E-state index in [0.29, 0.717) is 6.54 Å². The summed E-state index contributed by atoms with van der Waals surface area (Å²) in [6.45, 7) is 0.680. The highest BCUT2D eigenvalue weighted by molar-refractivity contribution is 5.85. The van der Waals surface area contributed by atoms with E-state index in [1.54, 1.807) is 0 Å². The maximum atomic E-state index is 12.3. The largest absolute Gasteiger partial charge is 0.353 e. The normalized spacial score (nSPS) is 18.4. The Morgan fingerprint density at radius 1 is 1.23 bits per heavy atom. The molecule has 1 amide bonds. The second-order valence-electron chi connectivity index (χ2n) is 6.29. The van der Waals surface area contributed by atoms with E-state index in [1.807, 2.05) is 30.3 Å². The Morgan fingerprint density at radius 3 is 2.36 bits per heavy atom. The summed E-state index contributed by atoms with van der Waals surface area (Å²) in [6.07, 6.45) is 6.05. The van der Waals surface area contributed by atoms with Crippen molar-refractivity contribution in [2.24, 2.45) is 5.73 Å². The fraction of sp³-hybridized carbons (Fsp3) is 0.588. The minimum atomic E-state index is -0.589. The highest BCUT2D eigenvalue weighted by Crippen LogP contribution is 2.31. The molecule has 1 fully saturated rings. The zero-order valence-corrected chi connectivity index (χ0v) is 14.4. The van der Waals surface area contributed by atoms with Gasteiger partial charge in [-0.2, -0.15) is 0 Å². The van der Waals surface area contributed by atoms with E-state index in [2.05, 4.69) is 24.3 Å². The second kappa shape index (κ2) is 8.51. The third kappa shape index (κ3) is 4.45. The summed E-state index contributed by atoms with van der Waals surface area (Å²) in [5, 5.41) is 3.07. The molecule has 1 aliphatic rings. The van der Waals surface area contributed by atoms with Crippen LogP contribution in [0.5, 0.6) is 0 Å². The molecule has 3 N–H and O–H groups in total. The van der Waals surface area contributed by atoms with Crippen molar-refractivity contribution in [1.29, 1.82) is 0 Å². The molecule has 0 saturated heterocycles. The molecule has 0 heterocycles. The van der Waals surface area contributed by atoms with Crippen molar-refractivity contribution < 1.29 is 4.79 Å². The Balaban J connectivity index is 0.00000242. The van der Waals surface area contributed by atoms with Crippen LogP contribution in [-0.4, -0.2) is 37.0 Å². The van der Waals surface area contributed by atoms with Gasteiger partial charge in [0.2, 0.25) is 5.91 Å². The summed E-state index contributed by atoms with van der Waals surface area (Å²) in [7, 11) is 4.21. The number of nitrogens with two attached hydrogens (primary N) is 1. The van der Waals surface area contributed by atoms with Gasteiger partial charge in [0.25, 0.3) is 0 Å². The van der Waals surface area contributed by atoms with E-state index < -0.39 is 6.04 Å². The van der Waals surface area contributed by atoms with Crippen LogP contribution in [0.4, 0.5) is 0 Å². The molecule has 0 aliphatic heterocycles. The smallest absolute Gasteiger partial charge is 0.241 e. The number of nitrogens with one attached hydrogen (secondary N) is 1. The second-order valence-corrected chi connectivity index (χ2v) is 6.29. The molecule has 22 heavy (non-hydrogen) atoms. The van der Waals surface area contributed by atoms with E-state index in [0.717, 1.165) is 18.4 Å². The first-order chi connectivity index (χ1) is 10.1. The highest BCUT2D eigenvalue weighted by Gasteiger charge is 2.34. The maximum Gasteiger partial charge on any atom is 0.241 e. The van der Waals surface area contributed by atoms with Crippen molar-refractivity contribution in [2.75, 3.05) is 20.6 Å². The Morgan fingerprint density at radius 2 is 1.82 bits per heavy atom. The molecular formula is C17H28ClN3O. The molecule has 5 heteroatoms. The number of carbonyl (C=O) groups excluding carboxylic acids is 1. The lowest BCUT2D eigenvalue weighted by Gasteiger charge is -2.43. The number of benzene rings is 1. The van der Waals surface area contributed by atoms with Gasteiger partial charge in [-0.1, -0.05) is 49.6 Å². The van der Waals surface area contributed by atoms with E-state index >= 15 is 0 Å². The van der Waals surface area contributed by atoms with Crippen molar-refractivity contribution in [3.05, 3.63) is 35.9 Å². The molecule has 0 radical (unpaired) electrons. The summed E-state index contributed by atoms with van der Waals surface area (Å²) in [5.74, 6) is -0.0898. The van der Waals surface area contributed by atoms with Gasteiger partial charge in [0.1, 0.15) is 6.04 Å². The van der Waals surface area contributed by atoms with Crippen LogP contribution in [0.1, 0.15) is 43.7 Å². The number of halogens is 1. The molecule has 1 unspecified atom stereocenters. The topological polar surface area (TPSA) is 58.4 Å². The van der Waals surface area contributed by atoms with Crippen LogP contribution < -0.4 is 11.1 Å². The molecule has 4 nitrogen and oxygen atoms in total. The monoisotopic (exact) mass is 325 g/mol. The number of carbonyl (C=O) groups is 1. The van der Waals surface area contributed by atoms with Gasteiger partial charge < -0.3 is 16.0 Å². The highest BCUT2D eigenvalue weighted by atomic mass is 35.5. The number of likely N-dealkylation sites (N-methyl/N-ethyl adjacent to an activating group) is 1. The van der Waals surface area contributed by atoms with Gasteiger partial charge in [0, 0.05) is 12.1 Å². The van der Waals surface area contributed by atoms with Gasteiger partial charge in [-0.25, -0.2) is 0 Å². The van der Waals surface area contributed by atoms with Gasteiger partial charge in [-0.15, -0.1) is 12.4 Å². The Bertz CT molecular complexity index is 458. The predicted octanol–water partition coefficient (Wildman–Crippen LogP) is 2.49. The van der Waals surface area contributed by atoms with Crippen molar-refractivity contribution in [3.63, 3.8) is 0 Å². The van der Waals surface area contributed by atoms with Crippen molar-refractivity contribution in [1.82, 2.24) is 10.2 Å². The lowest BCUT2D eigenvalue weighted by molar-refractivity contribution is -0.123. The Kier molecular flexibility index (Phi) is 7.33. The van der Waals surface area contributed by atoms with Crippen molar-refractivity contribution in [3.8, 4) is 0 Å². The van der Waals surface area contributed by atoms with Crippen LogP contribution in [0.25, 0.3) is 0 Å². The third-order valence-electron chi connectivity index (χ3n) is 4.77. The molecule has 1 aliphatic carbocycles. The first-order valence-corrected chi connectivity index (χ1v) is 7.81. The lowest BCUT2D eigenvalue weighted by Crippen LogP contribution is -2.54. The van der Waals surface area contributed by atoms with Crippen LogP contribution in [-0.2, 0) is 4.79 Å². The van der Waals surface area contributed by atoms with Crippen LogP contribution >= 0.6 is 12.4 Å². The Labute approximate surface area is 139 Å². The number of rotatable bonds is 5. The van der Waals surface area contributed by atoms with Gasteiger partial charge in [0.15, 0.2) is 0 Å². The fourth-order valence-corrected chi connectivity index (χ4v) is 3.17. The van der Waals surface area contributed by atoms with Crippen molar-refractivity contribution >= 4 is 18.3 Å². The van der Waals surface area contributed by atoms with Crippen LogP contribution in [0.3, 0.4) is 0 Å². The molecule has 2 rings (SSSR count). The number of hydrogen-bond acceptors (Lipinski definition) is 3. The summed E-state index contributed by atoms with van der Waals surface area (Å²) >= 11 is 0. The molecule has 1 aromatic carbocycles. The fourth-order valence-electron chi connectivity index (χ4n) is 3.17. The predicted molar refractivity (Wildman–Crippen MR) is 93.1 cm³/mol. The Hall–Kier alpha value is -1.10. The molecule has 0 aromatic heterocycles. The standard InChI is InChI=1S/C17H27N3O.ClH/c1-20(2)17(11-7-4-8-12-17)13-19-16(21)15(18)14-9-5-3-6-10-14;/h3,5-6,9-10,15H,4,7-8,11-13,18H2,1-2H3,(H,19,21);1H.